The minimum absolute atomic E-state index is 0.224. The Bertz CT molecular complexity index is 1150. The second kappa shape index (κ2) is 7.13. The Morgan fingerprint density at radius 3 is 2.54 bits per heavy atom. The van der Waals surface area contributed by atoms with Gasteiger partial charge in [0.05, 0.1) is 5.02 Å². The van der Waals surface area contributed by atoms with Crippen LogP contribution in [0.2, 0.25) is 5.02 Å². The van der Waals surface area contributed by atoms with Crippen molar-refractivity contribution in [2.24, 2.45) is 0 Å². The first-order chi connectivity index (χ1) is 13.3. The number of fused-ring (bicyclic) bond motifs is 1. The van der Waals surface area contributed by atoms with Crippen LogP contribution in [0, 0.1) is 18.6 Å². The molecule has 8 heteroatoms. The minimum Gasteiger partial charge on any atom is -0.361 e. The molecule has 1 aromatic heterocycles. The van der Waals surface area contributed by atoms with Gasteiger partial charge >= 0.3 is 0 Å². The van der Waals surface area contributed by atoms with E-state index in [1.54, 1.807) is 0 Å². The summed E-state index contributed by atoms with van der Waals surface area (Å²) in [6.45, 7) is 2.63. The molecule has 2 heterocycles. The minimum atomic E-state index is -3.99. The van der Waals surface area contributed by atoms with Gasteiger partial charge in [0.2, 0.25) is 10.0 Å². The van der Waals surface area contributed by atoms with Crippen LogP contribution in [-0.4, -0.2) is 30.8 Å². The van der Waals surface area contributed by atoms with Gasteiger partial charge in [-0.1, -0.05) is 29.8 Å². The summed E-state index contributed by atoms with van der Waals surface area (Å²) >= 11 is 5.88. The molecule has 2 aromatic carbocycles. The highest BCUT2D eigenvalue weighted by atomic mass is 35.5. The smallest absolute Gasteiger partial charge is 0.244 e. The van der Waals surface area contributed by atoms with Crippen LogP contribution < -0.4 is 0 Å². The van der Waals surface area contributed by atoms with Crippen LogP contribution in [0.1, 0.15) is 29.9 Å². The number of benzene rings is 2. The normalized spacial score (nSPS) is 16.7. The average molecular weight is 425 g/mol. The first kappa shape index (κ1) is 19.4. The highest BCUT2D eigenvalue weighted by molar-refractivity contribution is 7.89. The fourth-order valence-corrected chi connectivity index (χ4v) is 5.88. The lowest BCUT2D eigenvalue weighted by atomic mass is 9.90. The molecule has 0 spiro atoms. The molecular formula is C20H19ClF2N2O2S. The second-order valence-electron chi connectivity index (χ2n) is 7.12. The van der Waals surface area contributed by atoms with Gasteiger partial charge in [0.25, 0.3) is 0 Å². The summed E-state index contributed by atoms with van der Waals surface area (Å²) in [7, 11) is -3.99. The number of rotatable bonds is 3. The number of aromatic amines is 1. The summed E-state index contributed by atoms with van der Waals surface area (Å²) in [6.07, 6.45) is 3.28. The van der Waals surface area contributed by atoms with E-state index in [2.05, 4.69) is 11.1 Å². The summed E-state index contributed by atoms with van der Waals surface area (Å²) in [5.74, 6) is -2.17. The lowest BCUT2D eigenvalue weighted by Gasteiger charge is -2.31. The van der Waals surface area contributed by atoms with Crippen LogP contribution in [0.3, 0.4) is 0 Å². The first-order valence-electron chi connectivity index (χ1n) is 9.00. The number of piperidine rings is 1. The summed E-state index contributed by atoms with van der Waals surface area (Å²) < 4.78 is 53.9. The molecule has 0 unspecified atom stereocenters. The van der Waals surface area contributed by atoms with Gasteiger partial charge in [-0.05, 0) is 48.9 Å². The monoisotopic (exact) mass is 424 g/mol. The summed E-state index contributed by atoms with van der Waals surface area (Å²) in [5.41, 5.74) is 3.44. The number of halogens is 3. The van der Waals surface area contributed by atoms with E-state index in [-0.39, 0.29) is 10.9 Å². The van der Waals surface area contributed by atoms with Crippen molar-refractivity contribution in [2.45, 2.75) is 30.6 Å². The maximum atomic E-state index is 13.6. The average Bonchev–Trinajstić information content (AvgIpc) is 3.10. The van der Waals surface area contributed by atoms with E-state index < -0.39 is 26.6 Å². The highest BCUT2D eigenvalue weighted by Gasteiger charge is 2.32. The van der Waals surface area contributed by atoms with E-state index >= 15 is 0 Å². The summed E-state index contributed by atoms with van der Waals surface area (Å²) in [5, 5.41) is 0.845. The van der Waals surface area contributed by atoms with Crippen molar-refractivity contribution in [1.82, 2.24) is 9.29 Å². The van der Waals surface area contributed by atoms with Gasteiger partial charge in [-0.25, -0.2) is 17.2 Å². The van der Waals surface area contributed by atoms with E-state index in [1.807, 2.05) is 25.3 Å². The van der Waals surface area contributed by atoms with Gasteiger partial charge in [-0.2, -0.15) is 4.31 Å². The number of aromatic nitrogens is 1. The van der Waals surface area contributed by atoms with Crippen molar-refractivity contribution in [3.8, 4) is 0 Å². The summed E-state index contributed by atoms with van der Waals surface area (Å²) in [4.78, 5) is 2.92. The first-order valence-corrected chi connectivity index (χ1v) is 10.8. The Morgan fingerprint density at radius 2 is 1.82 bits per heavy atom. The number of hydrogen-bond acceptors (Lipinski definition) is 2. The third-order valence-electron chi connectivity index (χ3n) is 5.44. The molecule has 1 saturated heterocycles. The molecule has 0 bridgehead atoms. The van der Waals surface area contributed by atoms with E-state index in [1.165, 1.54) is 9.87 Å². The lowest BCUT2D eigenvalue weighted by molar-refractivity contribution is 0.320. The molecule has 1 aliphatic heterocycles. The number of H-pyrrole nitrogens is 1. The van der Waals surface area contributed by atoms with Gasteiger partial charge in [0.1, 0.15) is 4.90 Å². The van der Waals surface area contributed by atoms with Gasteiger partial charge in [0, 0.05) is 30.2 Å². The molecule has 0 radical (unpaired) electrons. The Balaban J connectivity index is 1.57. The molecule has 3 aromatic rings. The van der Waals surface area contributed by atoms with Gasteiger partial charge in [0.15, 0.2) is 11.6 Å². The van der Waals surface area contributed by atoms with Crippen molar-refractivity contribution in [2.75, 3.05) is 13.1 Å². The predicted molar refractivity (Wildman–Crippen MR) is 105 cm³/mol. The van der Waals surface area contributed by atoms with Crippen LogP contribution in [-0.2, 0) is 10.0 Å². The topological polar surface area (TPSA) is 53.2 Å². The molecule has 28 heavy (non-hydrogen) atoms. The standard InChI is InChI=1S/C20H19ClF2N2O2S/c1-12-3-2-4-14-15(11-24-20(12)14)13-5-7-25(8-6-13)28(26,27)19-10-18(23)17(22)9-16(19)21/h2-4,9-11,13,24H,5-8H2,1H3. The van der Waals surface area contributed by atoms with E-state index in [9.17, 15) is 17.2 Å². The van der Waals surface area contributed by atoms with Crippen molar-refractivity contribution >= 4 is 32.5 Å². The number of nitrogens with zero attached hydrogens (tertiary/aromatic N) is 1. The van der Waals surface area contributed by atoms with E-state index in [0.29, 0.717) is 38.1 Å². The Kier molecular flexibility index (Phi) is 4.93. The molecule has 1 aliphatic rings. The Labute approximate surface area is 167 Å². The number of sulfonamides is 1. The maximum absolute atomic E-state index is 13.6. The van der Waals surface area contributed by atoms with Crippen LogP contribution in [0.4, 0.5) is 8.78 Å². The highest BCUT2D eigenvalue weighted by Crippen LogP contribution is 2.36. The predicted octanol–water partition coefficient (Wildman–Crippen LogP) is 4.98. The van der Waals surface area contributed by atoms with Crippen molar-refractivity contribution in [1.29, 1.82) is 0 Å². The molecule has 4 nitrogen and oxygen atoms in total. The van der Waals surface area contributed by atoms with Crippen LogP contribution in [0.15, 0.2) is 41.4 Å². The molecule has 148 valence electrons. The van der Waals surface area contributed by atoms with Crippen molar-refractivity contribution in [3.05, 3.63) is 64.3 Å². The zero-order chi connectivity index (χ0) is 20.1. The Morgan fingerprint density at radius 1 is 1.14 bits per heavy atom. The number of para-hydroxylation sites is 1. The quantitative estimate of drug-likeness (QED) is 0.603. The SMILES string of the molecule is Cc1cccc2c(C3CCN(S(=O)(=O)c4cc(F)c(F)cc4Cl)CC3)c[nH]c12. The van der Waals surface area contributed by atoms with Crippen LogP contribution in [0.5, 0.6) is 0 Å². The summed E-state index contributed by atoms with van der Waals surface area (Å²) in [6, 6.07) is 7.48. The number of aryl methyl sites for hydroxylation is 1. The van der Waals surface area contributed by atoms with E-state index in [0.717, 1.165) is 16.5 Å². The number of nitrogens with one attached hydrogen (secondary N) is 1. The molecule has 4 rings (SSSR count). The molecular weight excluding hydrogens is 406 g/mol. The fourth-order valence-electron chi connectivity index (χ4n) is 3.91. The molecule has 1 fully saturated rings. The second-order valence-corrected chi connectivity index (χ2v) is 9.43. The fraction of sp³-hybridized carbons (Fsp3) is 0.300. The van der Waals surface area contributed by atoms with Crippen molar-refractivity contribution in [3.63, 3.8) is 0 Å². The zero-order valence-electron chi connectivity index (χ0n) is 15.2. The zero-order valence-corrected chi connectivity index (χ0v) is 16.7. The largest absolute Gasteiger partial charge is 0.361 e. The lowest BCUT2D eigenvalue weighted by Crippen LogP contribution is -2.38. The Hall–Kier alpha value is -1.96. The maximum Gasteiger partial charge on any atom is 0.244 e. The van der Waals surface area contributed by atoms with Crippen LogP contribution in [0.25, 0.3) is 10.9 Å². The third-order valence-corrected chi connectivity index (χ3v) is 7.81. The van der Waals surface area contributed by atoms with Crippen molar-refractivity contribution < 1.29 is 17.2 Å². The number of hydrogen-bond donors (Lipinski definition) is 1. The third kappa shape index (κ3) is 3.21. The molecule has 0 saturated carbocycles. The molecule has 0 atom stereocenters. The van der Waals surface area contributed by atoms with E-state index in [4.69, 9.17) is 11.6 Å². The molecule has 1 N–H and O–H groups in total. The van der Waals surface area contributed by atoms with Crippen LogP contribution >= 0.6 is 11.6 Å². The van der Waals surface area contributed by atoms with Gasteiger partial charge in [-0.15, -0.1) is 0 Å². The molecule has 0 amide bonds. The van der Waals surface area contributed by atoms with Gasteiger partial charge < -0.3 is 4.98 Å². The van der Waals surface area contributed by atoms with Gasteiger partial charge in [-0.3, -0.25) is 0 Å². The molecule has 0 aliphatic carbocycles.